The van der Waals surface area contributed by atoms with E-state index in [1.807, 2.05) is 42.5 Å². The maximum Gasteiger partial charge on any atom is 0.251 e. The molecule has 1 unspecified atom stereocenters. The van der Waals surface area contributed by atoms with E-state index in [2.05, 4.69) is 5.32 Å². The summed E-state index contributed by atoms with van der Waals surface area (Å²) in [6, 6.07) is 13.6. The summed E-state index contributed by atoms with van der Waals surface area (Å²) in [6.45, 7) is 1.73. The zero-order valence-corrected chi connectivity index (χ0v) is 13.7. The van der Waals surface area contributed by atoms with Gasteiger partial charge in [0.1, 0.15) is 0 Å². The Morgan fingerprint density at radius 3 is 2.75 bits per heavy atom. The molecule has 0 bridgehead atoms. The number of fused-ring (bicyclic) bond motifs is 1. The summed E-state index contributed by atoms with van der Waals surface area (Å²) in [5, 5.41) is 4.96. The molecule has 1 heterocycles. The first kappa shape index (κ1) is 16.5. The van der Waals surface area contributed by atoms with Crippen LogP contribution in [-0.2, 0) is 4.79 Å². The third-order valence-electron chi connectivity index (χ3n) is 4.45. The lowest BCUT2D eigenvalue weighted by atomic mass is 10.1. The minimum atomic E-state index is -0.149. The summed E-state index contributed by atoms with van der Waals surface area (Å²) in [5.41, 5.74) is 6.51. The Hall–Kier alpha value is -2.40. The van der Waals surface area contributed by atoms with Crippen molar-refractivity contribution in [3.05, 3.63) is 48.0 Å². The van der Waals surface area contributed by atoms with Gasteiger partial charge in [-0.15, -0.1) is 0 Å². The van der Waals surface area contributed by atoms with Crippen LogP contribution in [0.4, 0.5) is 0 Å². The average molecular weight is 325 g/mol. The van der Waals surface area contributed by atoms with E-state index in [-0.39, 0.29) is 17.9 Å². The summed E-state index contributed by atoms with van der Waals surface area (Å²) in [5.74, 6) is -0.0899. The van der Waals surface area contributed by atoms with Crippen molar-refractivity contribution in [3.63, 3.8) is 0 Å². The molecule has 3 N–H and O–H groups in total. The van der Waals surface area contributed by atoms with E-state index < -0.39 is 0 Å². The molecule has 0 saturated carbocycles. The lowest BCUT2D eigenvalue weighted by molar-refractivity contribution is -0.132. The highest BCUT2D eigenvalue weighted by atomic mass is 16.2. The van der Waals surface area contributed by atoms with Crippen molar-refractivity contribution in [2.75, 3.05) is 19.6 Å². The van der Waals surface area contributed by atoms with Crippen LogP contribution in [-0.4, -0.2) is 42.4 Å². The number of nitrogens with one attached hydrogen (secondary N) is 1. The van der Waals surface area contributed by atoms with Crippen molar-refractivity contribution < 1.29 is 9.59 Å². The van der Waals surface area contributed by atoms with Gasteiger partial charge in [-0.1, -0.05) is 30.3 Å². The highest BCUT2D eigenvalue weighted by molar-refractivity contribution is 5.98. The van der Waals surface area contributed by atoms with Crippen LogP contribution in [0.3, 0.4) is 0 Å². The second-order valence-electron chi connectivity index (χ2n) is 6.31. The number of carbonyl (C=O) groups excluding carboxylic acids is 2. The van der Waals surface area contributed by atoms with Crippen LogP contribution in [0.1, 0.15) is 29.6 Å². The van der Waals surface area contributed by atoms with Crippen molar-refractivity contribution in [2.45, 2.75) is 25.3 Å². The summed E-state index contributed by atoms with van der Waals surface area (Å²) in [4.78, 5) is 26.2. The molecule has 126 valence electrons. The van der Waals surface area contributed by atoms with Gasteiger partial charge in [-0.2, -0.15) is 0 Å². The molecule has 5 nitrogen and oxygen atoms in total. The zero-order valence-electron chi connectivity index (χ0n) is 13.7. The van der Waals surface area contributed by atoms with Gasteiger partial charge in [0.05, 0.1) is 0 Å². The minimum absolute atomic E-state index is 0.0592. The molecule has 1 aliphatic rings. The van der Waals surface area contributed by atoms with Gasteiger partial charge >= 0.3 is 0 Å². The lowest BCUT2D eigenvalue weighted by Crippen LogP contribution is -2.46. The van der Waals surface area contributed by atoms with Gasteiger partial charge in [0, 0.05) is 37.7 Å². The third kappa shape index (κ3) is 3.92. The normalized spacial score (nSPS) is 17.7. The van der Waals surface area contributed by atoms with Gasteiger partial charge in [0.2, 0.25) is 5.91 Å². The molecule has 1 aliphatic heterocycles. The van der Waals surface area contributed by atoms with Gasteiger partial charge < -0.3 is 16.0 Å². The molecular weight excluding hydrogens is 302 g/mol. The van der Waals surface area contributed by atoms with Gasteiger partial charge in [-0.3, -0.25) is 9.59 Å². The fourth-order valence-electron chi connectivity index (χ4n) is 3.11. The van der Waals surface area contributed by atoms with E-state index in [1.54, 1.807) is 4.90 Å². The number of amides is 2. The van der Waals surface area contributed by atoms with E-state index in [0.29, 0.717) is 25.1 Å². The van der Waals surface area contributed by atoms with E-state index in [1.165, 1.54) is 0 Å². The summed E-state index contributed by atoms with van der Waals surface area (Å²) in [7, 11) is 0. The number of piperidine rings is 1. The van der Waals surface area contributed by atoms with Crippen molar-refractivity contribution in [1.82, 2.24) is 10.2 Å². The first-order valence-corrected chi connectivity index (χ1v) is 8.44. The third-order valence-corrected chi connectivity index (χ3v) is 4.45. The zero-order chi connectivity index (χ0) is 16.9. The number of nitrogens with two attached hydrogens (primary N) is 1. The Labute approximate surface area is 141 Å². The molecule has 5 heteroatoms. The number of nitrogens with zero attached hydrogens (tertiary/aromatic N) is 1. The maximum atomic E-state index is 12.2. The summed E-state index contributed by atoms with van der Waals surface area (Å²) in [6.07, 6.45) is 2.24. The van der Waals surface area contributed by atoms with Gasteiger partial charge in [-0.25, -0.2) is 0 Å². The van der Waals surface area contributed by atoms with E-state index in [4.69, 9.17) is 5.73 Å². The molecule has 3 rings (SSSR count). The van der Waals surface area contributed by atoms with Gasteiger partial charge in [0.15, 0.2) is 0 Å². The Kier molecular flexibility index (Phi) is 5.11. The monoisotopic (exact) mass is 325 g/mol. The molecule has 2 amide bonds. The number of hydrogen-bond acceptors (Lipinski definition) is 3. The molecule has 0 radical (unpaired) electrons. The maximum absolute atomic E-state index is 12.2. The number of hydrogen-bond donors (Lipinski definition) is 2. The first-order valence-electron chi connectivity index (χ1n) is 8.44. The second-order valence-corrected chi connectivity index (χ2v) is 6.31. The Morgan fingerprint density at radius 1 is 1.17 bits per heavy atom. The Balaban J connectivity index is 1.52. The van der Waals surface area contributed by atoms with Crippen molar-refractivity contribution >= 4 is 22.6 Å². The predicted molar refractivity (Wildman–Crippen MR) is 94.7 cm³/mol. The molecule has 2 aromatic carbocycles. The highest BCUT2D eigenvalue weighted by Gasteiger charge is 2.20. The van der Waals surface area contributed by atoms with Crippen LogP contribution in [0.2, 0.25) is 0 Å². The van der Waals surface area contributed by atoms with Crippen LogP contribution in [0.15, 0.2) is 42.5 Å². The van der Waals surface area contributed by atoms with Crippen LogP contribution < -0.4 is 11.1 Å². The fraction of sp³-hybridized carbons (Fsp3) is 0.368. The van der Waals surface area contributed by atoms with E-state index in [9.17, 15) is 9.59 Å². The standard InChI is InChI=1S/C19H23N3O2/c20-17-6-3-11-22(13-17)18(23)9-10-21-19(24)16-8-7-14-4-1-2-5-15(14)12-16/h1-2,4-5,7-8,12,17H,3,6,9-11,13,20H2,(H,21,24). The van der Waals surface area contributed by atoms with Crippen LogP contribution in [0.5, 0.6) is 0 Å². The Morgan fingerprint density at radius 2 is 1.96 bits per heavy atom. The average Bonchev–Trinajstić information content (AvgIpc) is 2.61. The second kappa shape index (κ2) is 7.45. The smallest absolute Gasteiger partial charge is 0.251 e. The number of carbonyl (C=O) groups is 2. The van der Waals surface area contributed by atoms with Crippen molar-refractivity contribution in [1.29, 1.82) is 0 Å². The predicted octanol–water partition coefficient (Wildman–Crippen LogP) is 1.91. The van der Waals surface area contributed by atoms with Crippen LogP contribution in [0.25, 0.3) is 10.8 Å². The molecule has 24 heavy (non-hydrogen) atoms. The van der Waals surface area contributed by atoms with Gasteiger partial charge in [-0.05, 0) is 35.7 Å². The molecular formula is C19H23N3O2. The van der Waals surface area contributed by atoms with Crippen molar-refractivity contribution in [2.24, 2.45) is 5.73 Å². The summed E-state index contributed by atoms with van der Waals surface area (Å²) >= 11 is 0. The van der Waals surface area contributed by atoms with E-state index in [0.717, 1.165) is 30.2 Å². The molecule has 1 saturated heterocycles. The number of benzene rings is 2. The molecule has 0 spiro atoms. The topological polar surface area (TPSA) is 75.4 Å². The van der Waals surface area contributed by atoms with Crippen LogP contribution in [0, 0.1) is 0 Å². The number of likely N-dealkylation sites (tertiary alicyclic amines) is 1. The fourth-order valence-corrected chi connectivity index (χ4v) is 3.11. The highest BCUT2D eigenvalue weighted by Crippen LogP contribution is 2.15. The molecule has 1 atom stereocenters. The SMILES string of the molecule is NC1CCCN(C(=O)CCNC(=O)c2ccc3ccccc3c2)C1. The molecule has 1 fully saturated rings. The molecule has 2 aromatic rings. The first-order chi connectivity index (χ1) is 11.6. The van der Waals surface area contributed by atoms with Crippen LogP contribution >= 0.6 is 0 Å². The van der Waals surface area contributed by atoms with E-state index >= 15 is 0 Å². The Bertz CT molecular complexity index is 744. The number of rotatable bonds is 4. The molecule has 0 aromatic heterocycles. The van der Waals surface area contributed by atoms with Gasteiger partial charge in [0.25, 0.3) is 5.91 Å². The largest absolute Gasteiger partial charge is 0.352 e. The molecule has 0 aliphatic carbocycles. The quantitative estimate of drug-likeness (QED) is 0.901. The summed E-state index contributed by atoms with van der Waals surface area (Å²) < 4.78 is 0. The van der Waals surface area contributed by atoms with Crippen molar-refractivity contribution in [3.8, 4) is 0 Å². The lowest BCUT2D eigenvalue weighted by Gasteiger charge is -2.30. The minimum Gasteiger partial charge on any atom is -0.352 e.